The molecule has 5 amide bonds. The lowest BCUT2D eigenvalue weighted by Gasteiger charge is -2.32. The van der Waals surface area contributed by atoms with Gasteiger partial charge >= 0.3 is 12.3 Å². The Bertz CT molecular complexity index is 2440. The summed E-state index contributed by atoms with van der Waals surface area (Å²) in [7, 11) is -1.57. The van der Waals surface area contributed by atoms with E-state index in [4.69, 9.17) is 19.2 Å². The average Bonchev–Trinajstić information content (AvgIpc) is 4.15. The van der Waals surface area contributed by atoms with E-state index in [0.29, 0.717) is 45.8 Å². The fourth-order valence-corrected chi connectivity index (χ4v) is 8.64. The lowest BCUT2D eigenvalue weighted by atomic mass is 10.1. The summed E-state index contributed by atoms with van der Waals surface area (Å²) in [5.74, 6) is -4.38. The molecule has 3 aliphatic rings. The predicted octanol–water partition coefficient (Wildman–Crippen LogP) is 4.40. The van der Waals surface area contributed by atoms with Gasteiger partial charge in [-0.15, -0.1) is 6.58 Å². The van der Waals surface area contributed by atoms with E-state index in [9.17, 15) is 45.6 Å². The number of carbonyl (C=O) groups is 5. The SMILES string of the molecule is C=C[C@@H]1C[C@]1(NC(=O)[C@@H]1C[C@@H](Oc2cc(-c3ccccc3)nc3cc(OC)ccc23)CN1C(=O)[C@H](CN(C)C(=O)C(=C)C(F)(F)F)NC(=O)OC(C)(C)C)C(=O)NS(=O)(=O)C1CC1. The molecule has 1 saturated heterocycles. The minimum Gasteiger partial charge on any atom is -0.497 e. The second kappa shape index (κ2) is 17.5. The quantitative estimate of drug-likeness (QED) is 0.144. The first-order valence-electron chi connectivity index (χ1n) is 20.0. The number of nitrogens with one attached hydrogen (secondary N) is 3. The molecule has 2 aliphatic carbocycles. The molecule has 1 aliphatic heterocycles. The molecule has 5 atom stereocenters. The van der Waals surface area contributed by atoms with Gasteiger partial charge in [-0.3, -0.25) is 23.9 Å². The van der Waals surface area contributed by atoms with Crippen molar-refractivity contribution in [2.24, 2.45) is 5.92 Å². The Morgan fingerprint density at radius 2 is 1.75 bits per heavy atom. The van der Waals surface area contributed by atoms with Gasteiger partial charge in [-0.05, 0) is 52.2 Å². The molecule has 1 aromatic heterocycles. The molecule has 3 fully saturated rings. The maximum absolute atomic E-state index is 14.8. The van der Waals surface area contributed by atoms with Crippen LogP contribution in [0.15, 0.2) is 79.4 Å². The number of fused-ring (bicyclic) bond motifs is 1. The van der Waals surface area contributed by atoms with Crippen molar-refractivity contribution in [3.8, 4) is 22.8 Å². The highest BCUT2D eigenvalue weighted by molar-refractivity contribution is 7.91. The molecule has 2 heterocycles. The Hall–Kier alpha value is -6.18. The number of sulfonamides is 1. The van der Waals surface area contributed by atoms with Gasteiger partial charge in [-0.1, -0.05) is 43.0 Å². The number of ether oxygens (including phenoxy) is 3. The van der Waals surface area contributed by atoms with Crippen LogP contribution in [0.2, 0.25) is 0 Å². The smallest absolute Gasteiger partial charge is 0.421 e. The zero-order valence-electron chi connectivity index (χ0n) is 35.3. The van der Waals surface area contributed by atoms with E-state index in [0.717, 1.165) is 17.5 Å². The molecule has 0 spiro atoms. The molecule has 0 unspecified atom stereocenters. The van der Waals surface area contributed by atoms with Crippen molar-refractivity contribution in [3.05, 3.63) is 79.4 Å². The number of halogens is 3. The molecule has 16 nitrogen and oxygen atoms in total. The number of hydrogen-bond acceptors (Lipinski definition) is 11. The molecule has 6 rings (SSSR count). The summed E-state index contributed by atoms with van der Waals surface area (Å²) < 4.78 is 85.7. The maximum atomic E-state index is 14.8. The van der Waals surface area contributed by atoms with Crippen molar-refractivity contribution in [3.63, 3.8) is 0 Å². The summed E-state index contributed by atoms with van der Waals surface area (Å²) in [5.41, 5.74) is -2.84. The largest absolute Gasteiger partial charge is 0.497 e. The molecule has 63 heavy (non-hydrogen) atoms. The number of likely N-dealkylation sites (N-methyl/N-ethyl adjacent to an activating group) is 1. The molecule has 2 saturated carbocycles. The third kappa shape index (κ3) is 10.5. The van der Waals surface area contributed by atoms with Gasteiger partial charge in [0.1, 0.15) is 46.4 Å². The number of alkyl carbamates (subject to hydrolysis) is 1. The summed E-state index contributed by atoms with van der Waals surface area (Å²) in [4.78, 5) is 75.3. The van der Waals surface area contributed by atoms with Gasteiger partial charge in [0.25, 0.3) is 11.8 Å². The number of nitrogens with zero attached hydrogens (tertiary/aromatic N) is 3. The zero-order valence-corrected chi connectivity index (χ0v) is 36.1. The molecule has 3 N–H and O–H groups in total. The van der Waals surface area contributed by atoms with E-state index in [1.54, 1.807) is 24.3 Å². The van der Waals surface area contributed by atoms with Crippen molar-refractivity contribution in [2.45, 2.75) is 87.2 Å². The lowest BCUT2D eigenvalue weighted by Crippen LogP contribution is -2.60. The van der Waals surface area contributed by atoms with Gasteiger partial charge in [-0.2, -0.15) is 13.2 Å². The van der Waals surface area contributed by atoms with Crippen molar-refractivity contribution < 1.29 is 59.8 Å². The van der Waals surface area contributed by atoms with E-state index in [1.165, 1.54) is 34.0 Å². The first-order chi connectivity index (χ1) is 29.5. The monoisotopic (exact) mass is 898 g/mol. The normalized spacial score (nSPS) is 21.4. The van der Waals surface area contributed by atoms with Crippen LogP contribution in [0.1, 0.15) is 46.5 Å². The van der Waals surface area contributed by atoms with Crippen LogP contribution in [-0.4, -0.2) is 121 Å². The van der Waals surface area contributed by atoms with Gasteiger partial charge in [0.15, 0.2) is 0 Å². The molecule has 2 aromatic carbocycles. The standard InChI is InChI=1S/C43H49F3N6O10S/c1-8-26-21-42(26,39(56)50-63(58,59)29-15-16-29)49-36(53)34-19-28(61-35-20-31(25-12-10-9-11-13-25)47-32-18-27(60-7)14-17-30(32)35)22-52(34)38(55)33(48-40(57)62-41(3,4)5)23-51(6)37(54)24(2)43(44,45)46/h8-14,17-18,20,26,28-29,33-34H,1-2,15-16,19,21-23H2,3-7H3,(H,48,57)(H,49,53)(H,50,56)/t26-,28-,33+,34+,42-/m1/s1. The summed E-state index contributed by atoms with van der Waals surface area (Å²) >= 11 is 0. The van der Waals surface area contributed by atoms with Crippen LogP contribution in [0, 0.1) is 5.92 Å². The van der Waals surface area contributed by atoms with Gasteiger partial charge in [0.2, 0.25) is 21.8 Å². The Morgan fingerprint density at radius 1 is 1.06 bits per heavy atom. The number of benzene rings is 2. The molecule has 20 heteroatoms. The first kappa shape index (κ1) is 46.3. The number of carbonyl (C=O) groups excluding carboxylic acids is 5. The van der Waals surface area contributed by atoms with Gasteiger partial charge in [0.05, 0.1) is 36.7 Å². The fraction of sp³-hybridized carbons (Fsp3) is 0.442. The zero-order chi connectivity index (χ0) is 46.2. The summed E-state index contributed by atoms with van der Waals surface area (Å²) in [6, 6.07) is 12.7. The van der Waals surface area contributed by atoms with E-state index in [1.807, 2.05) is 30.3 Å². The number of aromatic nitrogens is 1. The molecular weight excluding hydrogens is 850 g/mol. The lowest BCUT2D eigenvalue weighted by molar-refractivity contribution is -0.143. The number of rotatable bonds is 15. The van der Waals surface area contributed by atoms with E-state index < -0.39 is 98.5 Å². The van der Waals surface area contributed by atoms with Crippen LogP contribution in [0.3, 0.4) is 0 Å². The topological polar surface area (TPSA) is 203 Å². The van der Waals surface area contributed by atoms with Crippen LogP contribution in [0.5, 0.6) is 11.5 Å². The summed E-state index contributed by atoms with van der Waals surface area (Å²) in [5, 5.41) is 4.79. The van der Waals surface area contributed by atoms with Crippen LogP contribution < -0.4 is 24.8 Å². The average molecular weight is 899 g/mol. The highest BCUT2D eigenvalue weighted by Gasteiger charge is 2.62. The number of hydrogen-bond donors (Lipinski definition) is 3. The third-order valence-electron chi connectivity index (χ3n) is 10.8. The molecular formula is C43H49F3N6O10S. The number of amides is 5. The fourth-order valence-electron chi connectivity index (χ4n) is 7.28. The second-order valence-corrected chi connectivity index (χ2v) is 18.7. The maximum Gasteiger partial charge on any atom is 0.421 e. The summed E-state index contributed by atoms with van der Waals surface area (Å²) in [6.07, 6.45) is -5.37. The van der Waals surface area contributed by atoms with Gasteiger partial charge < -0.3 is 34.6 Å². The number of pyridine rings is 1. The Morgan fingerprint density at radius 3 is 2.33 bits per heavy atom. The first-order valence-corrected chi connectivity index (χ1v) is 21.5. The predicted molar refractivity (Wildman–Crippen MR) is 224 cm³/mol. The summed E-state index contributed by atoms with van der Waals surface area (Å²) in [6.45, 7) is 10.00. The highest BCUT2D eigenvalue weighted by atomic mass is 32.2. The second-order valence-electron chi connectivity index (χ2n) is 16.8. The van der Waals surface area contributed by atoms with Crippen LogP contribution in [0.25, 0.3) is 22.2 Å². The van der Waals surface area contributed by atoms with Crippen molar-refractivity contribution >= 4 is 50.6 Å². The minimum atomic E-state index is -5.11. The van der Waals surface area contributed by atoms with Crippen molar-refractivity contribution in [1.82, 2.24) is 30.1 Å². The van der Waals surface area contributed by atoms with Crippen molar-refractivity contribution in [2.75, 3.05) is 27.2 Å². The van der Waals surface area contributed by atoms with E-state index >= 15 is 0 Å². The molecule has 338 valence electrons. The number of methoxy groups -OCH3 is 1. The molecule has 0 bridgehead atoms. The van der Waals surface area contributed by atoms with E-state index in [2.05, 4.69) is 28.5 Å². The van der Waals surface area contributed by atoms with Crippen LogP contribution in [0.4, 0.5) is 18.0 Å². The third-order valence-corrected chi connectivity index (χ3v) is 12.7. The Balaban J connectivity index is 1.37. The minimum absolute atomic E-state index is 0.0115. The van der Waals surface area contributed by atoms with Crippen molar-refractivity contribution in [1.29, 1.82) is 0 Å². The molecule has 3 aromatic rings. The van der Waals surface area contributed by atoms with Crippen LogP contribution >= 0.6 is 0 Å². The van der Waals surface area contributed by atoms with Gasteiger partial charge in [-0.25, -0.2) is 18.2 Å². The Labute approximate surface area is 362 Å². The van der Waals surface area contributed by atoms with Gasteiger partial charge in [0, 0.05) is 42.5 Å². The Kier molecular flexibility index (Phi) is 12.9. The highest BCUT2D eigenvalue weighted by Crippen LogP contribution is 2.46. The number of alkyl halides is 3. The molecule has 0 radical (unpaired) electrons. The number of likely N-dealkylation sites (tertiary alicyclic amines) is 1. The van der Waals surface area contributed by atoms with Crippen LogP contribution in [-0.2, 0) is 33.9 Å². The van der Waals surface area contributed by atoms with E-state index in [-0.39, 0.29) is 19.4 Å².